The predicted octanol–water partition coefficient (Wildman–Crippen LogP) is 2.06. The first-order valence-electron chi connectivity index (χ1n) is 8.23. The van der Waals surface area contributed by atoms with Crippen LogP contribution in [0.4, 0.5) is 0 Å². The van der Waals surface area contributed by atoms with Gasteiger partial charge in [-0.1, -0.05) is 36.5 Å². The van der Waals surface area contributed by atoms with Gasteiger partial charge in [0.05, 0.1) is 16.3 Å². The second-order valence-corrected chi connectivity index (χ2v) is 7.70. The highest BCUT2D eigenvalue weighted by molar-refractivity contribution is 8.01. The topological polar surface area (TPSA) is 44.9 Å². The van der Waals surface area contributed by atoms with Crippen molar-refractivity contribution in [1.82, 2.24) is 10.3 Å². The van der Waals surface area contributed by atoms with Gasteiger partial charge in [0, 0.05) is 27.4 Å². The molecule has 0 spiro atoms. The van der Waals surface area contributed by atoms with E-state index in [0.717, 1.165) is 17.2 Å². The Kier molecular flexibility index (Phi) is 2.33. The van der Waals surface area contributed by atoms with E-state index in [2.05, 4.69) is 52.8 Å². The summed E-state index contributed by atoms with van der Waals surface area (Å²) in [6.07, 6.45) is 15.9. The highest BCUT2D eigenvalue weighted by Crippen LogP contribution is 2.42. The van der Waals surface area contributed by atoms with E-state index in [1.165, 1.54) is 37.8 Å². The van der Waals surface area contributed by atoms with E-state index in [1.807, 2.05) is 11.8 Å². The maximum atomic E-state index is 12.6. The van der Waals surface area contributed by atoms with Crippen LogP contribution in [-0.2, 0) is 13.0 Å². The van der Waals surface area contributed by atoms with Gasteiger partial charge in [-0.2, -0.15) is 0 Å². The maximum absolute atomic E-state index is 12.6. The van der Waals surface area contributed by atoms with Gasteiger partial charge in [0.15, 0.2) is 0 Å². The van der Waals surface area contributed by atoms with E-state index in [0.29, 0.717) is 11.8 Å². The molecule has 3 nitrogen and oxygen atoms in total. The minimum Gasteiger partial charge on any atom is -0.354 e. The summed E-state index contributed by atoms with van der Waals surface area (Å²) in [6.45, 7) is 0.633. The third-order valence-electron chi connectivity index (χ3n) is 5.33. The van der Waals surface area contributed by atoms with Crippen LogP contribution in [0.1, 0.15) is 21.5 Å². The van der Waals surface area contributed by atoms with Crippen molar-refractivity contribution in [1.29, 1.82) is 0 Å². The molecule has 2 N–H and O–H groups in total. The third-order valence-corrected chi connectivity index (χ3v) is 6.64. The first-order chi connectivity index (χ1) is 11.8. The number of amides is 1. The number of aromatic amines is 1. The molecular formula is C20H14N2OS. The summed E-state index contributed by atoms with van der Waals surface area (Å²) in [4.78, 5) is 17.5. The zero-order valence-electron chi connectivity index (χ0n) is 12.8. The summed E-state index contributed by atoms with van der Waals surface area (Å²) in [6, 6.07) is 0. The fourth-order valence-electron chi connectivity index (χ4n) is 4.34. The molecule has 1 aromatic carbocycles. The fourth-order valence-corrected chi connectivity index (χ4v) is 5.69. The average Bonchev–Trinajstić information content (AvgIpc) is 3.27. The number of nitrogens with one attached hydrogen (secondary N) is 2. The van der Waals surface area contributed by atoms with Gasteiger partial charge in [-0.15, -0.1) is 11.8 Å². The highest BCUT2D eigenvalue weighted by atomic mass is 32.2. The fraction of sp³-hybridized carbons (Fsp3) is 0.150. The van der Waals surface area contributed by atoms with E-state index in [-0.39, 0.29) is 5.91 Å². The number of benzene rings is 1. The van der Waals surface area contributed by atoms with Crippen molar-refractivity contribution in [3.05, 3.63) is 63.7 Å². The molecule has 1 amide bonds. The molecule has 2 aliphatic carbocycles. The number of hydrogen-bond acceptors (Lipinski definition) is 2. The lowest BCUT2D eigenvalue weighted by molar-refractivity contribution is 0.0964. The first-order valence-corrected chi connectivity index (χ1v) is 9.11. The van der Waals surface area contributed by atoms with Crippen molar-refractivity contribution in [3.8, 4) is 0 Å². The van der Waals surface area contributed by atoms with Crippen LogP contribution in [0.2, 0.25) is 0 Å². The lowest BCUT2D eigenvalue weighted by Gasteiger charge is -2.08. The molecule has 6 rings (SSSR count). The van der Waals surface area contributed by atoms with E-state index in [9.17, 15) is 4.79 Å². The van der Waals surface area contributed by atoms with E-state index in [1.54, 1.807) is 0 Å². The van der Waals surface area contributed by atoms with Gasteiger partial charge in [-0.3, -0.25) is 4.79 Å². The third kappa shape index (κ3) is 1.43. The number of fused-ring (bicyclic) bond motifs is 9. The lowest BCUT2D eigenvalue weighted by Crippen LogP contribution is -2.22. The molecule has 2 aliphatic heterocycles. The lowest BCUT2D eigenvalue weighted by atomic mass is 9.94. The minimum absolute atomic E-state index is 0.0742. The molecule has 0 fully saturated rings. The zero-order valence-corrected chi connectivity index (χ0v) is 13.7. The van der Waals surface area contributed by atoms with Gasteiger partial charge in [-0.25, -0.2) is 0 Å². The highest BCUT2D eigenvalue weighted by Gasteiger charge is 2.34. The predicted molar refractivity (Wildman–Crippen MR) is 97.4 cm³/mol. The Morgan fingerprint density at radius 2 is 2.12 bits per heavy atom. The van der Waals surface area contributed by atoms with Crippen molar-refractivity contribution >= 4 is 40.2 Å². The molecule has 0 saturated carbocycles. The second kappa shape index (κ2) is 4.33. The van der Waals surface area contributed by atoms with Gasteiger partial charge >= 0.3 is 0 Å². The van der Waals surface area contributed by atoms with Crippen LogP contribution >= 0.6 is 11.8 Å². The molecule has 2 aromatic rings. The molecular weight excluding hydrogens is 316 g/mol. The number of H-pyrrole nitrogens is 1. The molecule has 1 atom stereocenters. The molecule has 0 radical (unpaired) electrons. The molecule has 24 heavy (non-hydrogen) atoms. The molecule has 3 heterocycles. The number of allylic oxidation sites excluding steroid dienone is 5. The van der Waals surface area contributed by atoms with Gasteiger partial charge in [-0.05, 0) is 29.2 Å². The van der Waals surface area contributed by atoms with Gasteiger partial charge in [0.1, 0.15) is 0 Å². The van der Waals surface area contributed by atoms with Gasteiger partial charge in [0.2, 0.25) is 0 Å². The van der Waals surface area contributed by atoms with Crippen LogP contribution in [0.3, 0.4) is 0 Å². The molecule has 4 aliphatic rings. The van der Waals surface area contributed by atoms with Crippen LogP contribution < -0.4 is 15.9 Å². The summed E-state index contributed by atoms with van der Waals surface area (Å²) in [7, 11) is 0. The van der Waals surface area contributed by atoms with Crippen LogP contribution in [0, 0.1) is 0 Å². The standard InChI is InChI=1S/C20H14N2OS/c23-20-17-12(9-21-20)15-10-5-1-3-7-13(10)22-18(15)19-16(17)11-6-2-4-8-14(11)24-19/h1-4,6-8,14,22H,5,9H2,(H,21,23). The Morgan fingerprint density at radius 1 is 1.17 bits per heavy atom. The largest absolute Gasteiger partial charge is 0.354 e. The minimum atomic E-state index is 0.0742. The van der Waals surface area contributed by atoms with Crippen LogP contribution in [0.25, 0.3) is 22.6 Å². The number of carbonyl (C=O) groups excluding carboxylic acids is 1. The SMILES string of the molecule is O=C1NCc2c1c1c(c3[nH]c4c(c23)CC=CC=4)SC2C=CC=CC=12. The van der Waals surface area contributed by atoms with Crippen molar-refractivity contribution in [2.45, 2.75) is 23.1 Å². The van der Waals surface area contributed by atoms with Crippen LogP contribution in [0.5, 0.6) is 0 Å². The normalized spacial score (nSPS) is 22.2. The number of aromatic nitrogens is 1. The Hall–Kier alpha value is -2.46. The number of carbonyl (C=O) groups is 1. The van der Waals surface area contributed by atoms with Crippen molar-refractivity contribution in [2.24, 2.45) is 0 Å². The Bertz CT molecular complexity index is 1180. The van der Waals surface area contributed by atoms with Crippen LogP contribution in [-0.4, -0.2) is 16.1 Å². The average molecular weight is 330 g/mol. The summed E-state index contributed by atoms with van der Waals surface area (Å²) in [5.74, 6) is 0.0742. The van der Waals surface area contributed by atoms with E-state index >= 15 is 0 Å². The van der Waals surface area contributed by atoms with Gasteiger partial charge in [0.25, 0.3) is 5.91 Å². The zero-order chi connectivity index (χ0) is 15.8. The number of rotatable bonds is 0. The summed E-state index contributed by atoms with van der Waals surface area (Å²) >= 11 is 1.86. The Balaban J connectivity index is 1.87. The molecule has 0 bridgehead atoms. The summed E-state index contributed by atoms with van der Waals surface area (Å²) in [5, 5.41) is 6.97. The summed E-state index contributed by atoms with van der Waals surface area (Å²) < 4.78 is 0. The molecule has 1 unspecified atom stereocenters. The quantitative estimate of drug-likeness (QED) is 0.777. The van der Waals surface area contributed by atoms with E-state index < -0.39 is 0 Å². The number of thioether (sulfide) groups is 1. The first kappa shape index (κ1) is 12.9. The van der Waals surface area contributed by atoms with E-state index in [4.69, 9.17) is 0 Å². The second-order valence-electron chi connectivity index (χ2n) is 6.54. The van der Waals surface area contributed by atoms with Crippen molar-refractivity contribution in [3.63, 3.8) is 0 Å². The molecule has 0 saturated heterocycles. The molecule has 4 heteroatoms. The molecule has 116 valence electrons. The van der Waals surface area contributed by atoms with Crippen molar-refractivity contribution in [2.75, 3.05) is 0 Å². The monoisotopic (exact) mass is 330 g/mol. The Labute approximate surface area is 142 Å². The van der Waals surface area contributed by atoms with Crippen molar-refractivity contribution < 1.29 is 4.79 Å². The summed E-state index contributed by atoms with van der Waals surface area (Å²) in [5.41, 5.74) is 5.88. The Morgan fingerprint density at radius 3 is 3.08 bits per heavy atom. The molecule has 1 aromatic heterocycles. The van der Waals surface area contributed by atoms with Gasteiger partial charge < -0.3 is 10.3 Å². The smallest absolute Gasteiger partial charge is 0.252 e. The van der Waals surface area contributed by atoms with Crippen LogP contribution in [0.15, 0.2) is 41.4 Å². The maximum Gasteiger partial charge on any atom is 0.252 e. The number of hydrogen-bond donors (Lipinski definition) is 2.